The summed E-state index contributed by atoms with van der Waals surface area (Å²) in [6.07, 6.45) is 5.38. The Labute approximate surface area is 180 Å². The third kappa shape index (κ3) is 5.37. The molecule has 2 atom stereocenters. The molecule has 1 N–H and O–H groups in total. The van der Waals surface area contributed by atoms with Crippen molar-refractivity contribution < 1.29 is 17.6 Å². The number of nitrogens with one attached hydrogen (secondary N) is 1. The normalized spacial score (nSPS) is 18.0. The molecule has 0 radical (unpaired) electrons. The summed E-state index contributed by atoms with van der Waals surface area (Å²) in [7, 11) is -3.31. The van der Waals surface area contributed by atoms with Crippen LogP contribution in [-0.2, 0) is 9.84 Å². The average Bonchev–Trinajstić information content (AvgIpc) is 3.15. The SMILES string of the molecule is C[C@H](/C=C/S(C)(=O)=O)NC(=O)c1cnc(N2CCCC2c2ccccc2Cl)cc1F. The Morgan fingerprint density at radius 3 is 2.80 bits per heavy atom. The van der Waals surface area contributed by atoms with Crippen LogP contribution in [0.4, 0.5) is 10.2 Å². The first kappa shape index (κ1) is 22.2. The number of carbonyl (C=O) groups is 1. The molecule has 1 saturated heterocycles. The smallest absolute Gasteiger partial charge is 0.256 e. The Kier molecular flexibility index (Phi) is 6.77. The lowest BCUT2D eigenvalue weighted by molar-refractivity contribution is 0.0942. The molecule has 160 valence electrons. The van der Waals surface area contributed by atoms with Gasteiger partial charge in [0.05, 0.1) is 11.6 Å². The van der Waals surface area contributed by atoms with Crippen LogP contribution in [0, 0.1) is 5.82 Å². The number of aromatic nitrogens is 1. The van der Waals surface area contributed by atoms with Crippen molar-refractivity contribution in [2.75, 3.05) is 17.7 Å². The minimum atomic E-state index is -3.31. The second-order valence-corrected chi connectivity index (χ2v) is 9.65. The van der Waals surface area contributed by atoms with E-state index in [0.29, 0.717) is 17.4 Å². The molecule has 1 aromatic heterocycles. The summed E-state index contributed by atoms with van der Waals surface area (Å²) in [6.45, 7) is 2.30. The number of carbonyl (C=O) groups excluding carboxylic acids is 1. The Hall–Kier alpha value is -2.45. The highest BCUT2D eigenvalue weighted by atomic mass is 35.5. The van der Waals surface area contributed by atoms with Crippen molar-refractivity contribution in [2.24, 2.45) is 0 Å². The van der Waals surface area contributed by atoms with Gasteiger partial charge in [0, 0.05) is 41.5 Å². The largest absolute Gasteiger partial charge is 0.349 e. The van der Waals surface area contributed by atoms with E-state index in [4.69, 9.17) is 11.6 Å². The van der Waals surface area contributed by atoms with E-state index in [1.807, 2.05) is 29.2 Å². The number of benzene rings is 1. The fraction of sp³-hybridized carbons (Fsp3) is 0.333. The molecule has 30 heavy (non-hydrogen) atoms. The van der Waals surface area contributed by atoms with Gasteiger partial charge in [0.2, 0.25) is 0 Å². The van der Waals surface area contributed by atoms with Crippen LogP contribution in [0.2, 0.25) is 5.02 Å². The third-order valence-electron chi connectivity index (χ3n) is 4.87. The molecule has 1 aromatic carbocycles. The summed E-state index contributed by atoms with van der Waals surface area (Å²) >= 11 is 6.34. The van der Waals surface area contributed by atoms with E-state index in [0.717, 1.165) is 30.1 Å². The highest BCUT2D eigenvalue weighted by Crippen LogP contribution is 2.38. The maximum Gasteiger partial charge on any atom is 0.256 e. The molecule has 3 rings (SSSR count). The van der Waals surface area contributed by atoms with Crippen LogP contribution < -0.4 is 10.2 Å². The van der Waals surface area contributed by atoms with E-state index in [9.17, 15) is 17.6 Å². The molecule has 1 amide bonds. The molecule has 1 aliphatic rings. The van der Waals surface area contributed by atoms with Gasteiger partial charge in [0.25, 0.3) is 5.91 Å². The summed E-state index contributed by atoms with van der Waals surface area (Å²) in [5.41, 5.74) is 0.763. The molecular weight excluding hydrogens is 429 g/mol. The van der Waals surface area contributed by atoms with Crippen LogP contribution in [0.1, 0.15) is 41.7 Å². The fourth-order valence-electron chi connectivity index (χ4n) is 3.45. The lowest BCUT2D eigenvalue weighted by Gasteiger charge is -2.27. The van der Waals surface area contributed by atoms with Crippen molar-refractivity contribution >= 4 is 33.2 Å². The van der Waals surface area contributed by atoms with Gasteiger partial charge >= 0.3 is 0 Å². The predicted molar refractivity (Wildman–Crippen MR) is 116 cm³/mol. The fourth-order valence-corrected chi connectivity index (χ4v) is 4.23. The minimum Gasteiger partial charge on any atom is -0.349 e. The average molecular weight is 452 g/mol. The van der Waals surface area contributed by atoms with Gasteiger partial charge < -0.3 is 10.2 Å². The lowest BCUT2D eigenvalue weighted by Crippen LogP contribution is -2.32. The minimum absolute atomic E-state index is 0.00794. The van der Waals surface area contributed by atoms with Crippen molar-refractivity contribution in [2.45, 2.75) is 31.8 Å². The zero-order chi connectivity index (χ0) is 21.9. The third-order valence-corrected chi connectivity index (χ3v) is 5.86. The predicted octanol–water partition coefficient (Wildman–Crippen LogP) is 3.89. The standard InChI is InChI=1S/C21H23ClFN3O3S/c1-14(9-11-30(2,28)29)25-21(27)16-13-24-20(12-18(16)23)26-10-5-8-19(26)15-6-3-4-7-17(15)22/h3-4,6-7,9,11-14,19H,5,8,10H2,1-2H3,(H,25,27)/b11-9+/t14-,19?/m1/s1. The van der Waals surface area contributed by atoms with E-state index in [1.54, 1.807) is 6.92 Å². The molecule has 0 spiro atoms. The van der Waals surface area contributed by atoms with Gasteiger partial charge in [-0.25, -0.2) is 17.8 Å². The van der Waals surface area contributed by atoms with Crippen LogP contribution >= 0.6 is 11.6 Å². The van der Waals surface area contributed by atoms with Crippen LogP contribution in [0.5, 0.6) is 0 Å². The first-order valence-electron chi connectivity index (χ1n) is 9.51. The first-order chi connectivity index (χ1) is 14.2. The van der Waals surface area contributed by atoms with E-state index in [2.05, 4.69) is 10.3 Å². The molecule has 1 unspecified atom stereocenters. The van der Waals surface area contributed by atoms with Crippen LogP contribution in [0.3, 0.4) is 0 Å². The summed E-state index contributed by atoms with van der Waals surface area (Å²) in [6, 6.07) is 8.21. The van der Waals surface area contributed by atoms with Gasteiger partial charge in [0.15, 0.2) is 9.84 Å². The first-order valence-corrected chi connectivity index (χ1v) is 11.8. The van der Waals surface area contributed by atoms with Crippen LogP contribution in [0.25, 0.3) is 0 Å². The Morgan fingerprint density at radius 2 is 2.13 bits per heavy atom. The second-order valence-electron chi connectivity index (χ2n) is 7.32. The van der Waals surface area contributed by atoms with Gasteiger partial charge in [0.1, 0.15) is 11.6 Å². The van der Waals surface area contributed by atoms with E-state index in [-0.39, 0.29) is 11.6 Å². The van der Waals surface area contributed by atoms with Crippen LogP contribution in [0.15, 0.2) is 48.0 Å². The Bertz CT molecular complexity index is 1070. The molecule has 1 aliphatic heterocycles. The molecule has 2 heterocycles. The Morgan fingerprint density at radius 1 is 1.40 bits per heavy atom. The quantitative estimate of drug-likeness (QED) is 0.720. The molecule has 0 bridgehead atoms. The van der Waals surface area contributed by atoms with E-state index >= 15 is 0 Å². The number of nitrogens with zero attached hydrogens (tertiary/aromatic N) is 2. The zero-order valence-corrected chi connectivity index (χ0v) is 18.3. The number of halogens is 2. The number of anilines is 1. The molecule has 2 aromatic rings. The van der Waals surface area contributed by atoms with Gasteiger partial charge in [-0.3, -0.25) is 4.79 Å². The summed E-state index contributed by atoms with van der Waals surface area (Å²) in [5.74, 6) is -0.917. The highest BCUT2D eigenvalue weighted by Gasteiger charge is 2.29. The molecule has 1 fully saturated rings. The second kappa shape index (κ2) is 9.14. The number of sulfone groups is 1. The molecule has 9 heteroatoms. The molecule has 0 saturated carbocycles. The van der Waals surface area contributed by atoms with Crippen molar-refractivity contribution in [1.29, 1.82) is 0 Å². The van der Waals surface area contributed by atoms with Gasteiger partial charge in [-0.15, -0.1) is 0 Å². The van der Waals surface area contributed by atoms with E-state index < -0.39 is 27.6 Å². The molecule has 0 aliphatic carbocycles. The van der Waals surface area contributed by atoms with E-state index in [1.165, 1.54) is 18.3 Å². The number of rotatable bonds is 6. The number of amides is 1. The number of pyridine rings is 1. The summed E-state index contributed by atoms with van der Waals surface area (Å²) in [4.78, 5) is 18.7. The van der Waals surface area contributed by atoms with Gasteiger partial charge in [-0.05, 0) is 31.4 Å². The van der Waals surface area contributed by atoms with Crippen molar-refractivity contribution in [3.63, 3.8) is 0 Å². The maximum atomic E-state index is 14.7. The van der Waals surface area contributed by atoms with Gasteiger partial charge in [-0.1, -0.05) is 35.9 Å². The zero-order valence-electron chi connectivity index (χ0n) is 16.7. The van der Waals surface area contributed by atoms with Crippen molar-refractivity contribution in [1.82, 2.24) is 10.3 Å². The number of hydrogen-bond donors (Lipinski definition) is 1. The molecule has 6 nitrogen and oxygen atoms in total. The van der Waals surface area contributed by atoms with Crippen LogP contribution in [-0.4, -0.2) is 38.2 Å². The maximum absolute atomic E-state index is 14.7. The Balaban J connectivity index is 1.77. The highest BCUT2D eigenvalue weighted by molar-refractivity contribution is 7.93. The molecular formula is C21H23ClFN3O3S. The van der Waals surface area contributed by atoms with Crippen molar-refractivity contribution in [3.8, 4) is 0 Å². The monoisotopic (exact) mass is 451 g/mol. The van der Waals surface area contributed by atoms with Crippen molar-refractivity contribution in [3.05, 3.63) is 70.0 Å². The summed E-state index contributed by atoms with van der Waals surface area (Å²) < 4.78 is 37.1. The van der Waals surface area contributed by atoms with Gasteiger partial charge in [-0.2, -0.15) is 0 Å². The summed E-state index contributed by atoms with van der Waals surface area (Å²) in [5, 5.41) is 4.19. The number of hydrogen-bond acceptors (Lipinski definition) is 5. The topological polar surface area (TPSA) is 79.4 Å². The lowest BCUT2D eigenvalue weighted by atomic mass is 10.0.